The molecule has 1 heterocycles. The van der Waals surface area contributed by atoms with Crippen molar-refractivity contribution in [1.82, 2.24) is 0 Å². The molecule has 3 unspecified atom stereocenters. The lowest BCUT2D eigenvalue weighted by molar-refractivity contribution is -0.137. The monoisotopic (exact) mass is 362 g/mol. The van der Waals surface area contributed by atoms with E-state index in [1.54, 1.807) is 6.08 Å². The summed E-state index contributed by atoms with van der Waals surface area (Å²) in [4.78, 5) is 10.4. The van der Waals surface area contributed by atoms with Crippen molar-refractivity contribution < 1.29 is 19.7 Å². The molecule has 4 nitrogen and oxygen atoms in total. The van der Waals surface area contributed by atoms with Gasteiger partial charge in [-0.05, 0) is 44.9 Å². The van der Waals surface area contributed by atoms with Crippen molar-refractivity contribution in [2.24, 2.45) is 0 Å². The van der Waals surface area contributed by atoms with Crippen LogP contribution in [-0.4, -0.2) is 34.5 Å². The number of carboxylic acids is 1. The third-order valence-corrected chi connectivity index (χ3v) is 4.28. The van der Waals surface area contributed by atoms with Crippen LogP contribution in [0.2, 0.25) is 0 Å². The molecule has 0 aromatic heterocycles. The smallest absolute Gasteiger partial charge is 0.303 e. The topological polar surface area (TPSA) is 70.1 Å². The molecule has 4 heteroatoms. The summed E-state index contributed by atoms with van der Waals surface area (Å²) in [6, 6.07) is 0. The van der Waals surface area contributed by atoms with Gasteiger partial charge in [0.05, 0.1) is 18.3 Å². The number of hydrogen-bond acceptors (Lipinski definition) is 3. The molecule has 0 saturated carbocycles. The zero-order valence-corrected chi connectivity index (χ0v) is 15.9. The highest BCUT2D eigenvalue weighted by molar-refractivity contribution is 5.66. The van der Waals surface area contributed by atoms with Crippen molar-refractivity contribution in [1.29, 1.82) is 0 Å². The first-order chi connectivity index (χ1) is 12.6. The van der Waals surface area contributed by atoms with E-state index in [2.05, 4.69) is 31.2 Å². The normalized spacial score (nSPS) is 21.5. The fourth-order valence-corrected chi connectivity index (χ4v) is 2.65. The number of allylic oxidation sites excluding steroid dienone is 5. The summed E-state index contributed by atoms with van der Waals surface area (Å²) < 4.78 is 5.48. The van der Waals surface area contributed by atoms with Crippen LogP contribution in [0.1, 0.15) is 64.7 Å². The molecule has 0 bridgehead atoms. The molecule has 0 aromatic carbocycles. The predicted molar refractivity (Wildman–Crippen MR) is 106 cm³/mol. The molecule has 0 amide bonds. The van der Waals surface area contributed by atoms with Gasteiger partial charge in [-0.3, -0.25) is 4.79 Å². The van der Waals surface area contributed by atoms with E-state index in [4.69, 9.17) is 9.84 Å². The molecule has 1 fully saturated rings. The second kappa shape index (κ2) is 14.5. The lowest BCUT2D eigenvalue weighted by Crippen LogP contribution is -1.98. The summed E-state index contributed by atoms with van der Waals surface area (Å²) in [5.74, 6) is -0.724. The van der Waals surface area contributed by atoms with E-state index < -0.39 is 12.1 Å². The fraction of sp³-hybridized carbons (Fsp3) is 0.591. The van der Waals surface area contributed by atoms with Crippen molar-refractivity contribution in [2.75, 3.05) is 0 Å². The first-order valence-electron chi connectivity index (χ1n) is 9.82. The Bertz CT molecular complexity index is 490. The molecular weight excluding hydrogens is 328 g/mol. The van der Waals surface area contributed by atoms with E-state index in [0.29, 0.717) is 18.6 Å². The Kier molecular flexibility index (Phi) is 12.5. The van der Waals surface area contributed by atoms with Crippen molar-refractivity contribution in [3.8, 4) is 0 Å². The van der Waals surface area contributed by atoms with Crippen LogP contribution in [0, 0.1) is 0 Å². The Morgan fingerprint density at radius 1 is 1.04 bits per heavy atom. The first-order valence-corrected chi connectivity index (χ1v) is 9.82. The maximum absolute atomic E-state index is 10.4. The van der Waals surface area contributed by atoms with E-state index in [9.17, 15) is 9.90 Å². The van der Waals surface area contributed by atoms with Crippen LogP contribution >= 0.6 is 0 Å². The van der Waals surface area contributed by atoms with Crippen LogP contribution in [0.5, 0.6) is 0 Å². The molecule has 1 aliphatic rings. The number of aliphatic carboxylic acids is 1. The fourth-order valence-electron chi connectivity index (χ4n) is 2.65. The quantitative estimate of drug-likeness (QED) is 0.187. The Morgan fingerprint density at radius 2 is 1.88 bits per heavy atom. The van der Waals surface area contributed by atoms with Crippen LogP contribution in [0.25, 0.3) is 0 Å². The highest BCUT2D eigenvalue weighted by Crippen LogP contribution is 2.28. The summed E-state index contributed by atoms with van der Waals surface area (Å²) in [6.45, 7) is 2.15. The summed E-state index contributed by atoms with van der Waals surface area (Å²) in [6.07, 6.45) is 24.0. The number of epoxide rings is 1. The molecule has 1 rings (SSSR count). The van der Waals surface area contributed by atoms with E-state index >= 15 is 0 Å². The van der Waals surface area contributed by atoms with Crippen LogP contribution in [0.3, 0.4) is 0 Å². The maximum Gasteiger partial charge on any atom is 0.303 e. The maximum atomic E-state index is 10.4. The molecule has 2 N–H and O–H groups in total. The number of hydrogen-bond donors (Lipinski definition) is 2. The standard InChI is InChI=1S/C22H34O4/c1-2-20-21(26-20)17-13-9-5-3-7-11-15-19(23)16-12-8-4-6-10-14-18-22(24)25/h3,7-9,11-13,15,19-21,23H,2,4-6,10,14,16-18H2,1H3,(H,24,25). The third kappa shape index (κ3) is 12.7. The molecule has 0 aromatic rings. The van der Waals surface area contributed by atoms with Gasteiger partial charge in [-0.15, -0.1) is 0 Å². The molecular formula is C22H34O4. The van der Waals surface area contributed by atoms with Gasteiger partial charge < -0.3 is 14.9 Å². The summed E-state index contributed by atoms with van der Waals surface area (Å²) in [7, 11) is 0. The number of aliphatic hydroxyl groups is 1. The lowest BCUT2D eigenvalue weighted by Gasteiger charge is -1.99. The van der Waals surface area contributed by atoms with Gasteiger partial charge in [0.1, 0.15) is 0 Å². The number of rotatable bonds is 15. The summed E-state index contributed by atoms with van der Waals surface area (Å²) in [5, 5.41) is 18.4. The largest absolute Gasteiger partial charge is 0.481 e. The Hall–Kier alpha value is -1.65. The minimum absolute atomic E-state index is 0.255. The zero-order chi connectivity index (χ0) is 19.0. The molecule has 146 valence electrons. The minimum atomic E-state index is -0.724. The highest BCUT2D eigenvalue weighted by Gasteiger charge is 2.35. The number of carboxylic acid groups (broad SMARTS) is 1. The van der Waals surface area contributed by atoms with Crippen molar-refractivity contribution >= 4 is 5.97 Å². The van der Waals surface area contributed by atoms with E-state index in [1.165, 1.54) is 0 Å². The van der Waals surface area contributed by atoms with Crippen LogP contribution < -0.4 is 0 Å². The van der Waals surface area contributed by atoms with Gasteiger partial charge in [0.2, 0.25) is 0 Å². The van der Waals surface area contributed by atoms with Gasteiger partial charge in [-0.1, -0.05) is 62.0 Å². The second-order valence-corrected chi connectivity index (χ2v) is 6.64. The van der Waals surface area contributed by atoms with Crippen molar-refractivity contribution in [3.05, 3.63) is 48.6 Å². The zero-order valence-electron chi connectivity index (χ0n) is 15.9. The number of ether oxygens (including phenoxy) is 1. The van der Waals surface area contributed by atoms with Gasteiger partial charge in [0, 0.05) is 6.42 Å². The number of unbranched alkanes of at least 4 members (excludes halogenated alkanes) is 3. The van der Waals surface area contributed by atoms with Gasteiger partial charge >= 0.3 is 5.97 Å². The van der Waals surface area contributed by atoms with E-state index in [-0.39, 0.29) is 6.42 Å². The molecule has 1 aliphatic heterocycles. The number of carbonyl (C=O) groups is 1. The first kappa shape index (κ1) is 22.4. The lowest BCUT2D eigenvalue weighted by atomic mass is 10.1. The van der Waals surface area contributed by atoms with Crippen molar-refractivity contribution in [3.63, 3.8) is 0 Å². The van der Waals surface area contributed by atoms with E-state index in [0.717, 1.165) is 44.9 Å². The molecule has 0 radical (unpaired) electrons. The average molecular weight is 363 g/mol. The van der Waals surface area contributed by atoms with Gasteiger partial charge in [-0.25, -0.2) is 0 Å². The highest BCUT2D eigenvalue weighted by atomic mass is 16.6. The SMILES string of the molecule is CCC1OC1CC=CCC=CC=CC(O)CC=CCCCCCC(=O)O. The van der Waals surface area contributed by atoms with Gasteiger partial charge in [0.15, 0.2) is 0 Å². The summed E-state index contributed by atoms with van der Waals surface area (Å²) in [5.41, 5.74) is 0. The van der Waals surface area contributed by atoms with Crippen LogP contribution in [-0.2, 0) is 9.53 Å². The molecule has 0 aliphatic carbocycles. The minimum Gasteiger partial charge on any atom is -0.481 e. The van der Waals surface area contributed by atoms with Crippen LogP contribution in [0.4, 0.5) is 0 Å². The Labute approximate surface area is 158 Å². The molecule has 0 spiro atoms. The number of aliphatic hydroxyl groups excluding tert-OH is 1. The van der Waals surface area contributed by atoms with Crippen molar-refractivity contribution in [2.45, 2.75) is 83.0 Å². The molecule has 1 saturated heterocycles. The molecule has 26 heavy (non-hydrogen) atoms. The average Bonchev–Trinajstić information content (AvgIpc) is 3.38. The van der Waals surface area contributed by atoms with Gasteiger partial charge in [0.25, 0.3) is 0 Å². The van der Waals surface area contributed by atoms with E-state index in [1.807, 2.05) is 18.2 Å². The second-order valence-electron chi connectivity index (χ2n) is 6.64. The third-order valence-electron chi connectivity index (χ3n) is 4.28. The Morgan fingerprint density at radius 3 is 2.62 bits per heavy atom. The summed E-state index contributed by atoms with van der Waals surface area (Å²) >= 11 is 0. The van der Waals surface area contributed by atoms with Crippen LogP contribution in [0.15, 0.2) is 48.6 Å². The van der Waals surface area contributed by atoms with Gasteiger partial charge in [-0.2, -0.15) is 0 Å². The molecule has 3 atom stereocenters. The Balaban J connectivity index is 1.97. The predicted octanol–water partition coefficient (Wildman–Crippen LogP) is 4.95.